The Kier molecular flexibility index (Phi) is 5.11. The molecule has 1 fully saturated rings. The summed E-state index contributed by atoms with van der Waals surface area (Å²) in [7, 11) is 0. The molecule has 0 saturated carbocycles. The van der Waals surface area contributed by atoms with E-state index in [1.807, 2.05) is 12.1 Å². The van der Waals surface area contributed by atoms with E-state index in [0.717, 1.165) is 38.2 Å². The Morgan fingerprint density at radius 1 is 1.53 bits per heavy atom. The van der Waals surface area contributed by atoms with Gasteiger partial charge in [0.15, 0.2) is 5.84 Å². The number of nitrogens with zero attached hydrogens (tertiary/aromatic N) is 2. The van der Waals surface area contributed by atoms with Crippen LogP contribution in [0.3, 0.4) is 0 Å². The predicted molar refractivity (Wildman–Crippen MR) is 72.0 cm³/mol. The summed E-state index contributed by atoms with van der Waals surface area (Å²) < 4.78 is 5.33. The predicted octanol–water partition coefficient (Wildman–Crippen LogP) is 0.692. The van der Waals surface area contributed by atoms with Gasteiger partial charge in [0.25, 0.3) is 0 Å². The molecule has 0 radical (unpaired) electrons. The summed E-state index contributed by atoms with van der Waals surface area (Å²) in [6, 6.07) is 3.77. The lowest BCUT2D eigenvalue weighted by molar-refractivity contribution is 0.0662. The summed E-state index contributed by atoms with van der Waals surface area (Å²) >= 11 is 0. The first kappa shape index (κ1) is 13.8. The molecular weight excluding hydrogens is 244 g/mol. The first-order chi connectivity index (χ1) is 9.31. The zero-order valence-electron chi connectivity index (χ0n) is 10.9. The van der Waals surface area contributed by atoms with E-state index in [9.17, 15) is 0 Å². The molecule has 0 bridgehead atoms. The van der Waals surface area contributed by atoms with Crippen LogP contribution in [0.2, 0.25) is 0 Å². The first-order valence-corrected chi connectivity index (χ1v) is 6.51. The maximum Gasteiger partial charge on any atom is 0.189 e. The van der Waals surface area contributed by atoms with Crippen molar-refractivity contribution in [3.63, 3.8) is 0 Å². The van der Waals surface area contributed by atoms with Crippen LogP contribution in [-0.2, 0) is 11.3 Å². The highest BCUT2D eigenvalue weighted by molar-refractivity contribution is 5.96. The molecular formula is C13H20N4O2. The normalized spacial score (nSPS) is 17.6. The van der Waals surface area contributed by atoms with Gasteiger partial charge in [0.05, 0.1) is 0 Å². The molecule has 0 aliphatic carbocycles. The van der Waals surface area contributed by atoms with Crippen molar-refractivity contribution in [1.82, 2.24) is 10.3 Å². The first-order valence-electron chi connectivity index (χ1n) is 6.51. The fraction of sp³-hybridized carbons (Fsp3) is 0.538. The standard InChI is InChI=1S/C13H20N4O2/c14-13(17-18)12-11(2-1-5-16-12)9-15-8-10-3-6-19-7-4-10/h1-2,5,10,15,18H,3-4,6-9H2,(H2,14,17). The second-order valence-corrected chi connectivity index (χ2v) is 4.68. The van der Waals surface area contributed by atoms with Gasteiger partial charge in [-0.3, -0.25) is 4.98 Å². The van der Waals surface area contributed by atoms with Gasteiger partial charge >= 0.3 is 0 Å². The molecule has 1 saturated heterocycles. The molecule has 2 rings (SSSR count). The maximum atomic E-state index is 8.73. The third-order valence-corrected chi connectivity index (χ3v) is 3.33. The van der Waals surface area contributed by atoms with Gasteiger partial charge in [-0.2, -0.15) is 0 Å². The third-order valence-electron chi connectivity index (χ3n) is 3.33. The van der Waals surface area contributed by atoms with Crippen LogP contribution in [0.15, 0.2) is 23.5 Å². The average Bonchev–Trinajstić information content (AvgIpc) is 2.48. The summed E-state index contributed by atoms with van der Waals surface area (Å²) in [5.41, 5.74) is 7.07. The largest absolute Gasteiger partial charge is 0.409 e. The van der Waals surface area contributed by atoms with Gasteiger partial charge in [0, 0.05) is 26.0 Å². The highest BCUT2D eigenvalue weighted by Crippen LogP contribution is 2.13. The van der Waals surface area contributed by atoms with E-state index in [-0.39, 0.29) is 5.84 Å². The Hall–Kier alpha value is -1.66. The second-order valence-electron chi connectivity index (χ2n) is 4.68. The van der Waals surface area contributed by atoms with Gasteiger partial charge in [-0.15, -0.1) is 0 Å². The maximum absolute atomic E-state index is 8.73. The van der Waals surface area contributed by atoms with Gasteiger partial charge < -0.3 is 21.0 Å². The summed E-state index contributed by atoms with van der Waals surface area (Å²) in [6.45, 7) is 3.33. The molecule has 104 valence electrons. The highest BCUT2D eigenvalue weighted by atomic mass is 16.5. The molecule has 0 unspecified atom stereocenters. The van der Waals surface area contributed by atoms with Crippen molar-refractivity contribution in [3.05, 3.63) is 29.6 Å². The summed E-state index contributed by atoms with van der Waals surface area (Å²) in [4.78, 5) is 4.14. The van der Waals surface area contributed by atoms with Crippen LogP contribution in [-0.4, -0.2) is 35.8 Å². The topological polar surface area (TPSA) is 92.8 Å². The molecule has 6 nitrogen and oxygen atoms in total. The molecule has 1 aliphatic rings. The van der Waals surface area contributed by atoms with Crippen molar-refractivity contribution < 1.29 is 9.94 Å². The summed E-state index contributed by atoms with van der Waals surface area (Å²) in [5, 5.41) is 15.1. The molecule has 19 heavy (non-hydrogen) atoms. The monoisotopic (exact) mass is 264 g/mol. The van der Waals surface area contributed by atoms with E-state index < -0.39 is 0 Å². The van der Waals surface area contributed by atoms with E-state index in [0.29, 0.717) is 18.2 Å². The lowest BCUT2D eigenvalue weighted by Crippen LogP contribution is -2.28. The van der Waals surface area contributed by atoms with Crippen LogP contribution in [0, 0.1) is 5.92 Å². The molecule has 0 aromatic carbocycles. The van der Waals surface area contributed by atoms with Crippen LogP contribution in [0.5, 0.6) is 0 Å². The number of aromatic nitrogens is 1. The minimum atomic E-state index is 0.0449. The van der Waals surface area contributed by atoms with E-state index in [2.05, 4.69) is 15.5 Å². The van der Waals surface area contributed by atoms with Crippen LogP contribution < -0.4 is 11.1 Å². The molecule has 1 aliphatic heterocycles. The van der Waals surface area contributed by atoms with Gasteiger partial charge in [0.1, 0.15) is 5.69 Å². The molecule has 1 aromatic heterocycles. The number of hydrogen-bond acceptors (Lipinski definition) is 5. The fourth-order valence-corrected chi connectivity index (χ4v) is 2.22. The van der Waals surface area contributed by atoms with Crippen molar-refractivity contribution in [2.24, 2.45) is 16.8 Å². The molecule has 4 N–H and O–H groups in total. The molecule has 0 amide bonds. The van der Waals surface area contributed by atoms with Crippen molar-refractivity contribution in [3.8, 4) is 0 Å². The van der Waals surface area contributed by atoms with Crippen molar-refractivity contribution in [2.45, 2.75) is 19.4 Å². The zero-order valence-corrected chi connectivity index (χ0v) is 10.9. The van der Waals surface area contributed by atoms with Crippen molar-refractivity contribution in [1.29, 1.82) is 0 Å². The van der Waals surface area contributed by atoms with E-state index in [4.69, 9.17) is 15.7 Å². The van der Waals surface area contributed by atoms with Crippen LogP contribution in [0.25, 0.3) is 0 Å². The second kappa shape index (κ2) is 7.06. The number of rotatable bonds is 5. The SMILES string of the molecule is NC(=NO)c1ncccc1CNCC1CCOCC1. The number of pyridine rings is 1. The van der Waals surface area contributed by atoms with Crippen LogP contribution in [0.1, 0.15) is 24.1 Å². The Labute approximate surface area is 112 Å². The minimum absolute atomic E-state index is 0.0449. The Morgan fingerprint density at radius 2 is 2.32 bits per heavy atom. The van der Waals surface area contributed by atoms with Crippen molar-refractivity contribution >= 4 is 5.84 Å². The summed E-state index contributed by atoms with van der Waals surface area (Å²) in [6.07, 6.45) is 3.84. The van der Waals surface area contributed by atoms with E-state index in [1.165, 1.54) is 0 Å². The quantitative estimate of drug-likeness (QED) is 0.315. The van der Waals surface area contributed by atoms with Gasteiger partial charge in [-0.1, -0.05) is 11.2 Å². The fourth-order valence-electron chi connectivity index (χ4n) is 2.22. The molecule has 2 heterocycles. The Balaban J connectivity index is 1.88. The molecule has 0 atom stereocenters. The number of ether oxygens (including phenoxy) is 1. The van der Waals surface area contributed by atoms with Crippen molar-refractivity contribution in [2.75, 3.05) is 19.8 Å². The Morgan fingerprint density at radius 3 is 3.05 bits per heavy atom. The van der Waals surface area contributed by atoms with Crippen LogP contribution in [0.4, 0.5) is 0 Å². The number of amidine groups is 1. The third kappa shape index (κ3) is 3.90. The number of oxime groups is 1. The van der Waals surface area contributed by atoms with E-state index in [1.54, 1.807) is 6.20 Å². The molecule has 1 aromatic rings. The number of nitrogens with two attached hydrogens (primary N) is 1. The Bertz CT molecular complexity index is 430. The van der Waals surface area contributed by atoms with E-state index >= 15 is 0 Å². The van der Waals surface area contributed by atoms with Gasteiger partial charge in [-0.05, 0) is 36.9 Å². The smallest absolute Gasteiger partial charge is 0.189 e. The summed E-state index contributed by atoms with van der Waals surface area (Å²) in [5.74, 6) is 0.709. The van der Waals surface area contributed by atoms with Gasteiger partial charge in [0.2, 0.25) is 0 Å². The molecule has 0 spiro atoms. The lowest BCUT2D eigenvalue weighted by atomic mass is 10.0. The number of nitrogens with one attached hydrogen (secondary N) is 1. The lowest BCUT2D eigenvalue weighted by Gasteiger charge is -2.22. The van der Waals surface area contributed by atoms with Crippen LogP contribution >= 0.6 is 0 Å². The zero-order chi connectivity index (χ0) is 13.5. The minimum Gasteiger partial charge on any atom is -0.409 e. The average molecular weight is 264 g/mol. The number of hydrogen-bond donors (Lipinski definition) is 3. The van der Waals surface area contributed by atoms with Gasteiger partial charge in [-0.25, -0.2) is 0 Å². The highest BCUT2D eigenvalue weighted by Gasteiger charge is 2.14. The molecule has 6 heteroatoms.